The molecule has 3 nitrogen and oxygen atoms in total. The zero-order valence-electron chi connectivity index (χ0n) is 8.82. The van der Waals surface area contributed by atoms with Crippen LogP contribution in [0.3, 0.4) is 0 Å². The van der Waals surface area contributed by atoms with Crippen molar-refractivity contribution in [2.75, 3.05) is 14.2 Å². The van der Waals surface area contributed by atoms with Gasteiger partial charge in [-0.2, -0.15) is 0 Å². The number of ether oxygens (including phenoxy) is 2. The summed E-state index contributed by atoms with van der Waals surface area (Å²) in [5.41, 5.74) is -0.441. The van der Waals surface area contributed by atoms with Gasteiger partial charge in [0.05, 0.1) is 18.6 Å². The van der Waals surface area contributed by atoms with E-state index in [4.69, 9.17) is 9.47 Å². The number of carbonyl (C=O) groups excluding carboxylic acids is 1. The van der Waals surface area contributed by atoms with Gasteiger partial charge >= 0.3 is 0 Å². The molecule has 78 valence electrons. The van der Waals surface area contributed by atoms with Crippen LogP contribution in [0.15, 0.2) is 11.8 Å². The van der Waals surface area contributed by atoms with Gasteiger partial charge in [-0.3, -0.25) is 0 Å². The quantitative estimate of drug-likeness (QED) is 0.640. The minimum Gasteiger partial charge on any atom is -0.500 e. The highest BCUT2D eigenvalue weighted by Crippen LogP contribution is 2.55. The first-order valence-electron chi connectivity index (χ1n) is 4.91. The number of carbonyl (C=O) groups is 1. The Hall–Kier alpha value is -0.830. The molecule has 0 unspecified atom stereocenters. The van der Waals surface area contributed by atoms with Gasteiger partial charge in [0.15, 0.2) is 0 Å². The molecular weight excluding hydrogens is 180 g/mol. The normalized spacial score (nSPS) is 45.1. The number of fused-ring (bicyclic) bond motifs is 1. The van der Waals surface area contributed by atoms with Crippen LogP contribution in [0.25, 0.3) is 0 Å². The molecule has 0 radical (unpaired) electrons. The molecule has 0 spiro atoms. The van der Waals surface area contributed by atoms with Gasteiger partial charge < -0.3 is 14.3 Å². The Balaban J connectivity index is 2.23. The zero-order valence-corrected chi connectivity index (χ0v) is 8.82. The lowest BCUT2D eigenvalue weighted by Gasteiger charge is -2.27. The Morgan fingerprint density at radius 3 is 2.79 bits per heavy atom. The molecule has 1 saturated carbocycles. The van der Waals surface area contributed by atoms with E-state index in [2.05, 4.69) is 6.08 Å². The molecule has 0 aromatic heterocycles. The molecule has 0 aromatic carbocycles. The third-order valence-electron chi connectivity index (χ3n) is 3.47. The van der Waals surface area contributed by atoms with Crippen molar-refractivity contribution in [1.29, 1.82) is 0 Å². The molecule has 2 aliphatic rings. The third kappa shape index (κ3) is 1.19. The Bertz CT molecular complexity index is 284. The summed E-state index contributed by atoms with van der Waals surface area (Å²) in [6.07, 6.45) is 4.18. The average Bonchev–Trinajstić information content (AvgIpc) is 2.87. The van der Waals surface area contributed by atoms with E-state index in [0.717, 1.165) is 18.5 Å². The molecule has 2 aliphatic carbocycles. The van der Waals surface area contributed by atoms with Crippen LogP contribution in [0.1, 0.15) is 13.3 Å². The van der Waals surface area contributed by atoms with E-state index in [0.29, 0.717) is 17.9 Å². The van der Waals surface area contributed by atoms with Gasteiger partial charge in [0.25, 0.3) is 0 Å². The molecule has 0 heterocycles. The Labute approximate surface area is 84.1 Å². The lowest BCUT2D eigenvalue weighted by molar-refractivity contribution is -0.116. The summed E-state index contributed by atoms with van der Waals surface area (Å²) >= 11 is 0. The molecule has 0 aliphatic heterocycles. The smallest absolute Gasteiger partial charge is 0.133 e. The largest absolute Gasteiger partial charge is 0.500 e. The fourth-order valence-corrected chi connectivity index (χ4v) is 2.53. The van der Waals surface area contributed by atoms with Crippen molar-refractivity contribution in [2.24, 2.45) is 17.3 Å². The van der Waals surface area contributed by atoms with Crippen molar-refractivity contribution < 1.29 is 14.3 Å². The van der Waals surface area contributed by atoms with E-state index in [1.54, 1.807) is 14.2 Å². The van der Waals surface area contributed by atoms with Gasteiger partial charge in [-0.05, 0) is 25.3 Å². The second-order valence-electron chi connectivity index (χ2n) is 4.42. The molecule has 3 heteroatoms. The fraction of sp³-hybridized carbons (Fsp3) is 0.727. The van der Waals surface area contributed by atoms with E-state index in [1.807, 2.05) is 6.92 Å². The van der Waals surface area contributed by atoms with Crippen molar-refractivity contribution in [3.63, 3.8) is 0 Å². The molecular formula is C11H16O3. The first kappa shape index (κ1) is 9.71. The van der Waals surface area contributed by atoms with Crippen LogP contribution in [0, 0.1) is 17.3 Å². The predicted octanol–water partition coefficient (Wildman–Crippen LogP) is 1.39. The Morgan fingerprint density at radius 1 is 1.57 bits per heavy atom. The van der Waals surface area contributed by atoms with Gasteiger partial charge in [0.2, 0.25) is 0 Å². The monoisotopic (exact) mass is 196 g/mol. The maximum atomic E-state index is 11.0. The van der Waals surface area contributed by atoms with E-state index < -0.39 is 5.41 Å². The standard InChI is InChI=1S/C11H16O3/c1-11(6-12)5-8-7(10(8)14-3)4-9(11)13-2/h4,6-8,10H,5H2,1-3H3/t7-,8+,10-,11-/m0/s1. The number of methoxy groups -OCH3 is 2. The van der Waals surface area contributed by atoms with Crippen LogP contribution in [0.5, 0.6) is 0 Å². The van der Waals surface area contributed by atoms with Crippen LogP contribution in [0.4, 0.5) is 0 Å². The number of aldehydes is 1. The zero-order chi connectivity index (χ0) is 10.3. The summed E-state index contributed by atoms with van der Waals surface area (Å²) < 4.78 is 10.6. The van der Waals surface area contributed by atoms with Crippen molar-refractivity contribution in [2.45, 2.75) is 19.4 Å². The maximum absolute atomic E-state index is 11.0. The van der Waals surface area contributed by atoms with Gasteiger partial charge in [-0.1, -0.05) is 0 Å². The maximum Gasteiger partial charge on any atom is 0.133 e. The lowest BCUT2D eigenvalue weighted by atomic mass is 9.80. The molecule has 4 atom stereocenters. The number of hydrogen-bond donors (Lipinski definition) is 0. The minimum absolute atomic E-state index is 0.293. The molecule has 0 N–H and O–H groups in total. The minimum atomic E-state index is -0.441. The Morgan fingerprint density at radius 2 is 2.29 bits per heavy atom. The summed E-state index contributed by atoms with van der Waals surface area (Å²) in [5, 5.41) is 0. The van der Waals surface area contributed by atoms with Gasteiger partial charge in [0.1, 0.15) is 12.0 Å². The molecule has 1 fully saturated rings. The predicted molar refractivity (Wildman–Crippen MR) is 51.7 cm³/mol. The molecule has 0 saturated heterocycles. The van der Waals surface area contributed by atoms with E-state index in [1.165, 1.54) is 0 Å². The summed E-state index contributed by atoms with van der Waals surface area (Å²) in [4.78, 5) is 11.0. The highest BCUT2D eigenvalue weighted by atomic mass is 16.5. The van der Waals surface area contributed by atoms with Crippen molar-refractivity contribution >= 4 is 6.29 Å². The summed E-state index contributed by atoms with van der Waals surface area (Å²) in [6, 6.07) is 0. The fourth-order valence-electron chi connectivity index (χ4n) is 2.53. The second kappa shape index (κ2) is 3.09. The van der Waals surface area contributed by atoms with E-state index >= 15 is 0 Å². The molecule has 2 rings (SSSR count). The first-order chi connectivity index (χ1) is 6.66. The van der Waals surface area contributed by atoms with Crippen molar-refractivity contribution in [1.82, 2.24) is 0 Å². The van der Waals surface area contributed by atoms with Crippen LogP contribution >= 0.6 is 0 Å². The van der Waals surface area contributed by atoms with Crippen molar-refractivity contribution in [3.8, 4) is 0 Å². The highest BCUT2D eigenvalue weighted by Gasteiger charge is 2.56. The average molecular weight is 196 g/mol. The first-order valence-corrected chi connectivity index (χ1v) is 4.91. The van der Waals surface area contributed by atoms with Crippen LogP contribution in [-0.4, -0.2) is 26.6 Å². The van der Waals surface area contributed by atoms with Crippen LogP contribution in [-0.2, 0) is 14.3 Å². The molecule has 0 aromatic rings. The number of allylic oxidation sites excluding steroid dienone is 1. The highest BCUT2D eigenvalue weighted by molar-refractivity contribution is 5.64. The third-order valence-corrected chi connectivity index (χ3v) is 3.47. The van der Waals surface area contributed by atoms with Gasteiger partial charge in [-0.25, -0.2) is 0 Å². The lowest BCUT2D eigenvalue weighted by Crippen LogP contribution is -2.26. The van der Waals surface area contributed by atoms with Crippen LogP contribution < -0.4 is 0 Å². The van der Waals surface area contributed by atoms with Gasteiger partial charge in [-0.15, -0.1) is 0 Å². The topological polar surface area (TPSA) is 35.5 Å². The van der Waals surface area contributed by atoms with Crippen molar-refractivity contribution in [3.05, 3.63) is 11.8 Å². The SMILES string of the molecule is COC1=C[C@H]2[C@@H](C[C@@]1(C)C=O)[C@H]2OC. The number of hydrogen-bond acceptors (Lipinski definition) is 3. The van der Waals surface area contributed by atoms with E-state index in [-0.39, 0.29) is 0 Å². The van der Waals surface area contributed by atoms with E-state index in [9.17, 15) is 4.79 Å². The number of rotatable bonds is 3. The van der Waals surface area contributed by atoms with Crippen LogP contribution in [0.2, 0.25) is 0 Å². The molecule has 0 amide bonds. The molecule has 0 bridgehead atoms. The van der Waals surface area contributed by atoms with Gasteiger partial charge in [0, 0.05) is 13.0 Å². The second-order valence-corrected chi connectivity index (χ2v) is 4.42. The molecule has 14 heavy (non-hydrogen) atoms. The summed E-state index contributed by atoms with van der Waals surface area (Å²) in [5.74, 6) is 1.77. The Kier molecular flexibility index (Phi) is 2.14. The summed E-state index contributed by atoms with van der Waals surface area (Å²) in [6.45, 7) is 1.93. The summed E-state index contributed by atoms with van der Waals surface area (Å²) in [7, 11) is 3.35.